The lowest BCUT2D eigenvalue weighted by Gasteiger charge is -2.41. The molecular formula is C23H37FN2O3. The fourth-order valence-corrected chi connectivity index (χ4v) is 3.26. The molecule has 1 atom stereocenters. The van der Waals surface area contributed by atoms with E-state index in [1.807, 2.05) is 6.07 Å². The van der Waals surface area contributed by atoms with Gasteiger partial charge >= 0.3 is 5.97 Å². The Labute approximate surface area is 174 Å². The normalized spacial score (nSPS) is 13.7. The molecule has 1 amide bonds. The van der Waals surface area contributed by atoms with Crippen LogP contribution in [0.25, 0.3) is 0 Å². The third kappa shape index (κ3) is 8.13. The number of carbonyl (C=O) groups excluding carboxylic acids is 1. The summed E-state index contributed by atoms with van der Waals surface area (Å²) in [5.74, 6) is -1.31. The van der Waals surface area contributed by atoms with Crippen molar-refractivity contribution in [2.24, 2.45) is 11.1 Å². The second-order valence-corrected chi connectivity index (χ2v) is 8.62. The Kier molecular flexibility index (Phi) is 10.3. The Morgan fingerprint density at radius 2 is 1.62 bits per heavy atom. The molecule has 0 aliphatic heterocycles. The van der Waals surface area contributed by atoms with E-state index in [1.54, 1.807) is 32.9 Å². The van der Waals surface area contributed by atoms with Gasteiger partial charge in [0, 0.05) is 13.0 Å². The number of carbonyl (C=O) groups is 2. The van der Waals surface area contributed by atoms with Gasteiger partial charge < -0.3 is 16.2 Å². The van der Waals surface area contributed by atoms with Gasteiger partial charge in [-0.25, -0.2) is 4.39 Å². The van der Waals surface area contributed by atoms with Crippen LogP contribution in [-0.4, -0.2) is 29.1 Å². The summed E-state index contributed by atoms with van der Waals surface area (Å²) < 4.78 is 13.1. The summed E-state index contributed by atoms with van der Waals surface area (Å²) in [5.41, 5.74) is 4.67. The number of hydrogen-bond donors (Lipinski definition) is 3. The highest BCUT2D eigenvalue weighted by atomic mass is 19.1. The predicted molar refractivity (Wildman–Crippen MR) is 114 cm³/mol. The van der Waals surface area contributed by atoms with Gasteiger partial charge in [-0.15, -0.1) is 0 Å². The monoisotopic (exact) mass is 408 g/mol. The molecule has 164 valence electrons. The van der Waals surface area contributed by atoms with Crippen molar-refractivity contribution in [3.8, 4) is 0 Å². The molecule has 0 heterocycles. The quantitative estimate of drug-likeness (QED) is 0.397. The third-order valence-electron chi connectivity index (χ3n) is 6.00. The molecule has 0 saturated carbocycles. The molecule has 0 bridgehead atoms. The minimum atomic E-state index is -1.15. The van der Waals surface area contributed by atoms with E-state index in [2.05, 4.69) is 5.32 Å². The minimum absolute atomic E-state index is 0.0632. The highest BCUT2D eigenvalue weighted by Gasteiger charge is 2.46. The van der Waals surface area contributed by atoms with Crippen LogP contribution in [0.3, 0.4) is 0 Å². The van der Waals surface area contributed by atoms with E-state index in [0.717, 1.165) is 56.9 Å². The van der Waals surface area contributed by atoms with Crippen molar-refractivity contribution in [3.63, 3.8) is 0 Å². The zero-order chi connectivity index (χ0) is 21.9. The topological polar surface area (TPSA) is 92.4 Å². The second-order valence-electron chi connectivity index (χ2n) is 8.62. The van der Waals surface area contributed by atoms with Gasteiger partial charge in [-0.1, -0.05) is 44.2 Å². The lowest BCUT2D eigenvalue weighted by molar-refractivity contribution is -0.152. The number of rotatable bonds is 14. The fourth-order valence-electron chi connectivity index (χ4n) is 3.26. The van der Waals surface area contributed by atoms with E-state index in [9.17, 15) is 19.1 Å². The Bertz CT molecular complexity index is 663. The second kappa shape index (κ2) is 11.9. The smallest absolute Gasteiger partial charge is 0.311 e. The molecule has 0 fully saturated rings. The fraction of sp³-hybridized carbons (Fsp3) is 0.652. The SMILES string of the molecule is CC(CN)(NC(=O)CCCCCCCCCc1cccc(F)c1)C(C)(C)C(=O)O. The summed E-state index contributed by atoms with van der Waals surface area (Å²) >= 11 is 0. The van der Waals surface area contributed by atoms with Crippen molar-refractivity contribution in [1.82, 2.24) is 5.32 Å². The molecule has 1 aromatic carbocycles. The molecule has 0 aromatic heterocycles. The first-order valence-electron chi connectivity index (χ1n) is 10.6. The van der Waals surface area contributed by atoms with Crippen molar-refractivity contribution in [2.45, 2.75) is 84.1 Å². The number of carboxylic acids is 1. The van der Waals surface area contributed by atoms with E-state index < -0.39 is 16.9 Å². The summed E-state index contributed by atoms with van der Waals surface area (Å²) in [5, 5.41) is 12.2. The number of benzene rings is 1. The Morgan fingerprint density at radius 1 is 1.03 bits per heavy atom. The number of nitrogens with one attached hydrogen (secondary N) is 1. The highest BCUT2D eigenvalue weighted by Crippen LogP contribution is 2.30. The summed E-state index contributed by atoms with van der Waals surface area (Å²) in [6.45, 7) is 4.91. The van der Waals surface area contributed by atoms with Crippen LogP contribution in [-0.2, 0) is 16.0 Å². The van der Waals surface area contributed by atoms with Crippen LogP contribution >= 0.6 is 0 Å². The van der Waals surface area contributed by atoms with Gasteiger partial charge in [0.1, 0.15) is 5.82 Å². The maximum absolute atomic E-state index is 13.1. The highest BCUT2D eigenvalue weighted by molar-refractivity contribution is 5.80. The van der Waals surface area contributed by atoms with Crippen LogP contribution in [0.2, 0.25) is 0 Å². The average molecular weight is 409 g/mol. The first kappa shape index (κ1) is 25.1. The number of nitrogens with two attached hydrogens (primary N) is 1. The number of carboxylic acid groups (broad SMARTS) is 1. The molecular weight excluding hydrogens is 371 g/mol. The summed E-state index contributed by atoms with van der Waals surface area (Å²) in [4.78, 5) is 23.7. The average Bonchev–Trinajstić information content (AvgIpc) is 2.66. The van der Waals surface area contributed by atoms with E-state index in [-0.39, 0.29) is 18.3 Å². The first-order valence-corrected chi connectivity index (χ1v) is 10.6. The molecule has 0 radical (unpaired) electrons. The zero-order valence-electron chi connectivity index (χ0n) is 18.1. The van der Waals surface area contributed by atoms with E-state index in [1.165, 1.54) is 6.07 Å². The van der Waals surface area contributed by atoms with Crippen molar-refractivity contribution < 1.29 is 19.1 Å². The number of hydrogen-bond acceptors (Lipinski definition) is 3. The van der Waals surface area contributed by atoms with Gasteiger partial charge in [-0.3, -0.25) is 9.59 Å². The summed E-state index contributed by atoms with van der Waals surface area (Å²) in [6, 6.07) is 6.77. The zero-order valence-corrected chi connectivity index (χ0v) is 18.1. The molecule has 5 nitrogen and oxygen atoms in total. The number of halogens is 1. The van der Waals surface area contributed by atoms with Gasteiger partial charge in [0.15, 0.2) is 0 Å². The summed E-state index contributed by atoms with van der Waals surface area (Å²) in [6.07, 6.45) is 8.55. The Hall–Kier alpha value is -1.95. The van der Waals surface area contributed by atoms with Gasteiger partial charge in [-0.2, -0.15) is 0 Å². The molecule has 0 aliphatic carbocycles. The van der Waals surface area contributed by atoms with E-state index in [0.29, 0.717) is 6.42 Å². The summed E-state index contributed by atoms with van der Waals surface area (Å²) in [7, 11) is 0. The molecule has 4 N–H and O–H groups in total. The van der Waals surface area contributed by atoms with Crippen LogP contribution in [0.5, 0.6) is 0 Å². The molecule has 1 unspecified atom stereocenters. The van der Waals surface area contributed by atoms with Crippen LogP contribution < -0.4 is 11.1 Å². The third-order valence-corrected chi connectivity index (χ3v) is 6.00. The Morgan fingerprint density at radius 3 is 2.17 bits per heavy atom. The van der Waals surface area contributed by atoms with Gasteiger partial charge in [0.05, 0.1) is 11.0 Å². The van der Waals surface area contributed by atoms with Crippen molar-refractivity contribution >= 4 is 11.9 Å². The number of aryl methyl sites for hydroxylation is 1. The van der Waals surface area contributed by atoms with Gasteiger partial charge in [0.25, 0.3) is 0 Å². The molecule has 29 heavy (non-hydrogen) atoms. The number of aliphatic carboxylic acids is 1. The van der Waals surface area contributed by atoms with Crippen LogP contribution in [0, 0.1) is 11.2 Å². The molecule has 0 aliphatic rings. The van der Waals surface area contributed by atoms with Crippen LogP contribution in [0.15, 0.2) is 24.3 Å². The molecule has 1 rings (SSSR count). The van der Waals surface area contributed by atoms with Crippen LogP contribution in [0.4, 0.5) is 4.39 Å². The standard InChI is InChI=1S/C23H37FN2O3/c1-22(2,21(28)29)23(3,17-25)26-20(27)15-10-8-6-4-5-7-9-12-18-13-11-14-19(24)16-18/h11,13-14,16H,4-10,12,15,17,25H2,1-3H3,(H,26,27)(H,28,29). The maximum Gasteiger partial charge on any atom is 0.311 e. The van der Waals surface area contributed by atoms with Crippen LogP contribution in [0.1, 0.15) is 77.7 Å². The minimum Gasteiger partial charge on any atom is -0.481 e. The van der Waals surface area contributed by atoms with E-state index >= 15 is 0 Å². The molecule has 6 heteroatoms. The van der Waals surface area contributed by atoms with Crippen molar-refractivity contribution in [3.05, 3.63) is 35.6 Å². The molecule has 1 aromatic rings. The Balaban J connectivity index is 2.15. The van der Waals surface area contributed by atoms with E-state index in [4.69, 9.17) is 5.73 Å². The lowest BCUT2D eigenvalue weighted by atomic mass is 9.73. The van der Waals surface area contributed by atoms with Crippen molar-refractivity contribution in [1.29, 1.82) is 0 Å². The number of amides is 1. The largest absolute Gasteiger partial charge is 0.481 e. The molecule has 0 spiro atoms. The molecule has 0 saturated heterocycles. The van der Waals surface area contributed by atoms with Gasteiger partial charge in [-0.05, 0) is 57.7 Å². The van der Waals surface area contributed by atoms with Crippen molar-refractivity contribution in [2.75, 3.05) is 6.54 Å². The predicted octanol–water partition coefficient (Wildman–Crippen LogP) is 4.43. The lowest BCUT2D eigenvalue weighted by Crippen LogP contribution is -2.63. The van der Waals surface area contributed by atoms with Gasteiger partial charge in [0.2, 0.25) is 5.91 Å². The number of unbranched alkanes of at least 4 members (excludes halogenated alkanes) is 6. The first-order chi connectivity index (χ1) is 13.6. The maximum atomic E-state index is 13.1.